The van der Waals surface area contributed by atoms with Crippen molar-refractivity contribution in [3.8, 4) is 16.8 Å². The van der Waals surface area contributed by atoms with E-state index in [-0.39, 0.29) is 6.71 Å². The zero-order valence-corrected chi connectivity index (χ0v) is 22.9. The van der Waals surface area contributed by atoms with Crippen LogP contribution >= 0.6 is 0 Å². The van der Waals surface area contributed by atoms with E-state index in [1.54, 1.807) is 0 Å². The highest BCUT2D eigenvalue weighted by molar-refractivity contribution is 7.00. The lowest BCUT2D eigenvalue weighted by molar-refractivity contribution is 1.04. The van der Waals surface area contributed by atoms with E-state index in [0.29, 0.717) is 0 Å². The number of benzene rings is 6. The summed E-state index contributed by atoms with van der Waals surface area (Å²) in [5.74, 6) is 0. The quantitative estimate of drug-likeness (QED) is 0.169. The zero-order valence-electron chi connectivity index (χ0n) is 22.9. The molecule has 0 N–H and O–H groups in total. The summed E-state index contributed by atoms with van der Waals surface area (Å²) in [6.07, 6.45) is 0. The zero-order chi connectivity index (χ0) is 26.7. The van der Waals surface area contributed by atoms with Crippen molar-refractivity contribution in [2.45, 2.75) is 13.8 Å². The average Bonchev–Trinajstić information content (AvgIpc) is 3.26. The summed E-state index contributed by atoms with van der Waals surface area (Å²) in [5.41, 5.74) is 14.7. The first-order chi connectivity index (χ1) is 19.6. The van der Waals surface area contributed by atoms with Crippen molar-refractivity contribution in [3.05, 3.63) is 120 Å². The second-order valence-electron chi connectivity index (χ2n) is 11.5. The van der Waals surface area contributed by atoms with Crippen molar-refractivity contribution in [2.75, 3.05) is 11.9 Å². The molecule has 0 aliphatic carbocycles. The van der Waals surface area contributed by atoms with E-state index in [1.165, 1.54) is 88.3 Å². The Labute approximate surface area is 234 Å². The highest BCUT2D eigenvalue weighted by atomic mass is 15.1. The van der Waals surface area contributed by atoms with Crippen LogP contribution in [-0.4, -0.2) is 18.3 Å². The molecule has 0 amide bonds. The summed E-state index contributed by atoms with van der Waals surface area (Å²) in [4.78, 5) is 2.41. The van der Waals surface area contributed by atoms with Crippen LogP contribution in [0.5, 0.6) is 0 Å². The topological polar surface area (TPSA) is 8.17 Å². The van der Waals surface area contributed by atoms with Crippen LogP contribution in [0.25, 0.3) is 49.3 Å². The van der Waals surface area contributed by atoms with Gasteiger partial charge in [-0.2, -0.15) is 0 Å². The summed E-state index contributed by atoms with van der Waals surface area (Å²) >= 11 is 0. The van der Waals surface area contributed by atoms with Gasteiger partial charge >= 0.3 is 0 Å². The molecule has 1 aromatic heterocycles. The van der Waals surface area contributed by atoms with Gasteiger partial charge in [-0.1, -0.05) is 84.9 Å². The number of para-hydroxylation sites is 1. The summed E-state index contributed by atoms with van der Waals surface area (Å²) in [7, 11) is 2.23. The van der Waals surface area contributed by atoms with E-state index in [9.17, 15) is 0 Å². The molecule has 0 radical (unpaired) electrons. The third-order valence-corrected chi connectivity index (χ3v) is 9.62. The Balaban J connectivity index is 1.33. The molecule has 0 atom stereocenters. The van der Waals surface area contributed by atoms with Gasteiger partial charge in [0.1, 0.15) is 0 Å². The van der Waals surface area contributed by atoms with Crippen molar-refractivity contribution in [1.29, 1.82) is 0 Å². The minimum absolute atomic E-state index is 0.213. The van der Waals surface area contributed by atoms with Crippen molar-refractivity contribution >= 4 is 66.9 Å². The molecule has 0 saturated carbocycles. The van der Waals surface area contributed by atoms with Gasteiger partial charge in [-0.05, 0) is 92.7 Å². The highest BCUT2D eigenvalue weighted by Crippen LogP contribution is 2.39. The molecule has 0 unspecified atom stereocenters. The molecule has 0 fully saturated rings. The normalized spacial score (nSPS) is 13.3. The molecule has 9 rings (SSSR count). The second kappa shape index (κ2) is 7.67. The molecule has 2 nitrogen and oxygen atoms in total. The molecule has 2 aliphatic heterocycles. The third kappa shape index (κ3) is 2.65. The minimum atomic E-state index is 0.213. The molecule has 3 heterocycles. The van der Waals surface area contributed by atoms with Crippen LogP contribution in [0.2, 0.25) is 0 Å². The van der Waals surface area contributed by atoms with Gasteiger partial charge in [0.2, 0.25) is 0 Å². The number of aromatic nitrogens is 1. The van der Waals surface area contributed by atoms with Gasteiger partial charge in [0.15, 0.2) is 0 Å². The van der Waals surface area contributed by atoms with Crippen molar-refractivity contribution in [3.63, 3.8) is 0 Å². The maximum absolute atomic E-state index is 2.50. The molecule has 0 bridgehead atoms. The van der Waals surface area contributed by atoms with Gasteiger partial charge in [0, 0.05) is 40.7 Å². The second-order valence-corrected chi connectivity index (χ2v) is 11.5. The first-order valence-electron chi connectivity index (χ1n) is 14.1. The molecule has 3 heteroatoms. The fourth-order valence-electron chi connectivity index (χ4n) is 7.65. The number of nitrogens with zero attached hydrogens (tertiary/aromatic N) is 2. The molecular formula is C37H27BN2. The Morgan fingerprint density at radius 3 is 2.17 bits per heavy atom. The Morgan fingerprint density at radius 1 is 0.575 bits per heavy atom. The van der Waals surface area contributed by atoms with Crippen LogP contribution < -0.4 is 21.3 Å². The number of anilines is 2. The molecule has 2 aliphatic rings. The number of hydrogen-bond donors (Lipinski definition) is 0. The summed E-state index contributed by atoms with van der Waals surface area (Å²) in [6, 6.07) is 40.8. The van der Waals surface area contributed by atoms with Crippen LogP contribution in [0.4, 0.5) is 11.4 Å². The number of fused-ring (bicyclic) bond motifs is 7. The first-order valence-corrected chi connectivity index (χ1v) is 14.1. The van der Waals surface area contributed by atoms with E-state index >= 15 is 0 Å². The largest absolute Gasteiger partial charge is 0.345 e. The van der Waals surface area contributed by atoms with E-state index in [4.69, 9.17) is 0 Å². The standard InChI is InChI=1S/C37H27BN2/c1-22-23(2)40-34-17-9-16-33-36(34)38(32-15-8-14-26(22)37(32)40)31-19-18-25(21-35(31)39(33)3)30-20-24-10-4-5-11-27(24)28-12-6-7-13-29(28)30/h4-21H,1-3H3. The van der Waals surface area contributed by atoms with Crippen molar-refractivity contribution < 1.29 is 0 Å². The lowest BCUT2D eigenvalue weighted by atomic mass is 9.34. The van der Waals surface area contributed by atoms with Crippen LogP contribution in [0.15, 0.2) is 109 Å². The van der Waals surface area contributed by atoms with E-state index in [0.717, 1.165) is 0 Å². The van der Waals surface area contributed by atoms with E-state index in [1.807, 2.05) is 0 Å². The van der Waals surface area contributed by atoms with Gasteiger partial charge in [-0.3, -0.25) is 0 Å². The van der Waals surface area contributed by atoms with Gasteiger partial charge in [-0.15, -0.1) is 0 Å². The summed E-state index contributed by atoms with van der Waals surface area (Å²) in [6.45, 7) is 4.74. The molecule has 40 heavy (non-hydrogen) atoms. The van der Waals surface area contributed by atoms with Crippen molar-refractivity contribution in [1.82, 2.24) is 4.57 Å². The van der Waals surface area contributed by atoms with Crippen molar-refractivity contribution in [2.24, 2.45) is 0 Å². The Hall–Kier alpha value is -4.76. The maximum atomic E-state index is 2.50. The first kappa shape index (κ1) is 22.1. The van der Waals surface area contributed by atoms with Crippen LogP contribution in [-0.2, 0) is 0 Å². The molecule has 188 valence electrons. The lowest BCUT2D eigenvalue weighted by Crippen LogP contribution is -2.60. The number of rotatable bonds is 1. The third-order valence-electron chi connectivity index (χ3n) is 9.62. The SMILES string of the molecule is Cc1c(C)n2c3c(cccc13)B1c3ccc(-c4cc5ccccc5c5ccccc45)cc3N(C)c3cccc-2c31. The Morgan fingerprint density at radius 2 is 1.30 bits per heavy atom. The number of aryl methyl sites for hydroxylation is 1. The lowest BCUT2D eigenvalue weighted by Gasteiger charge is -2.38. The molecule has 0 saturated heterocycles. The highest BCUT2D eigenvalue weighted by Gasteiger charge is 2.40. The monoisotopic (exact) mass is 510 g/mol. The Kier molecular flexibility index (Phi) is 4.24. The molecular weight excluding hydrogens is 483 g/mol. The summed E-state index contributed by atoms with van der Waals surface area (Å²) in [5, 5.41) is 6.56. The maximum Gasteiger partial charge on any atom is 0.252 e. The Bertz CT molecular complexity index is 2220. The predicted octanol–water partition coefficient (Wildman–Crippen LogP) is 7.13. The smallest absolute Gasteiger partial charge is 0.252 e. The van der Waals surface area contributed by atoms with Gasteiger partial charge < -0.3 is 9.47 Å². The molecule has 6 aromatic carbocycles. The average molecular weight is 510 g/mol. The van der Waals surface area contributed by atoms with E-state index in [2.05, 4.69) is 140 Å². The fraction of sp³-hybridized carbons (Fsp3) is 0.0811. The van der Waals surface area contributed by atoms with Gasteiger partial charge in [0.25, 0.3) is 6.71 Å². The minimum Gasteiger partial charge on any atom is -0.345 e. The van der Waals surface area contributed by atoms with Crippen LogP contribution in [0, 0.1) is 13.8 Å². The van der Waals surface area contributed by atoms with Crippen LogP contribution in [0.3, 0.4) is 0 Å². The predicted molar refractivity (Wildman–Crippen MR) is 172 cm³/mol. The molecule has 0 spiro atoms. The van der Waals surface area contributed by atoms with Gasteiger partial charge in [-0.25, -0.2) is 0 Å². The number of hydrogen-bond acceptors (Lipinski definition) is 1. The van der Waals surface area contributed by atoms with Crippen LogP contribution in [0.1, 0.15) is 11.3 Å². The van der Waals surface area contributed by atoms with E-state index < -0.39 is 0 Å². The fourth-order valence-corrected chi connectivity index (χ4v) is 7.65. The molecule has 7 aromatic rings. The van der Waals surface area contributed by atoms with Gasteiger partial charge in [0.05, 0.1) is 0 Å². The summed E-state index contributed by atoms with van der Waals surface area (Å²) < 4.78 is 2.50.